The van der Waals surface area contributed by atoms with Crippen LogP contribution in [0.3, 0.4) is 0 Å². The Morgan fingerprint density at radius 1 is 0.720 bits per heavy atom. The maximum atomic E-state index is 13.7. The summed E-state index contributed by atoms with van der Waals surface area (Å²) in [6.07, 6.45) is 0. The van der Waals surface area contributed by atoms with Gasteiger partial charge in [0.25, 0.3) is 5.91 Å². The minimum atomic E-state index is -7.34. The van der Waals surface area contributed by atoms with E-state index in [-0.39, 0.29) is 4.90 Å². The number of alkyl halides is 11. The van der Waals surface area contributed by atoms with Crippen molar-refractivity contribution in [3.05, 3.63) is 0 Å². The van der Waals surface area contributed by atoms with Crippen molar-refractivity contribution in [1.29, 1.82) is 0 Å². The zero-order valence-corrected chi connectivity index (χ0v) is 13.9. The summed E-state index contributed by atoms with van der Waals surface area (Å²) < 4.78 is 132. The zero-order valence-electron chi connectivity index (χ0n) is 13.2. The van der Waals surface area contributed by atoms with E-state index in [1.54, 1.807) is 0 Å². The molecule has 0 N–H and O–H groups in total. The third-order valence-electron chi connectivity index (χ3n) is 3.15. The molecular weight excluding hydrogens is 400 g/mol. The van der Waals surface area contributed by atoms with Crippen LogP contribution in [-0.4, -0.2) is 52.0 Å². The van der Waals surface area contributed by atoms with Crippen molar-refractivity contribution in [2.24, 2.45) is 0 Å². The highest BCUT2D eigenvalue weighted by molar-refractivity contribution is 6.22. The zero-order chi connectivity index (χ0) is 20.8. The lowest BCUT2D eigenvalue weighted by atomic mass is 9.96. The van der Waals surface area contributed by atoms with E-state index in [0.29, 0.717) is 0 Å². The van der Waals surface area contributed by atoms with Gasteiger partial charge in [0.1, 0.15) is 0 Å². The van der Waals surface area contributed by atoms with E-state index < -0.39 is 47.1 Å². The Morgan fingerprint density at radius 3 is 1.28 bits per heavy atom. The van der Waals surface area contributed by atoms with Crippen molar-refractivity contribution >= 4 is 17.5 Å². The molecule has 0 unspecified atom stereocenters. The lowest BCUT2D eigenvalue weighted by Crippen LogP contribution is -2.69. The van der Waals surface area contributed by atoms with Crippen molar-refractivity contribution in [1.82, 2.24) is 4.90 Å². The van der Waals surface area contributed by atoms with Crippen molar-refractivity contribution in [3.8, 4) is 0 Å². The monoisotopic (exact) mass is 413 g/mol. The van der Waals surface area contributed by atoms with E-state index in [2.05, 4.69) is 11.6 Å². The van der Waals surface area contributed by atoms with E-state index in [9.17, 15) is 48.7 Å². The van der Waals surface area contributed by atoms with Gasteiger partial charge in [0.05, 0.1) is 0 Å². The van der Waals surface area contributed by atoms with Crippen molar-refractivity contribution in [3.63, 3.8) is 0 Å². The molecule has 0 fully saturated rings. The molecule has 0 aliphatic rings. The second-order valence-electron chi connectivity index (χ2n) is 5.70. The summed E-state index contributed by atoms with van der Waals surface area (Å²) in [7, 11) is 0. The summed E-state index contributed by atoms with van der Waals surface area (Å²) in [6, 6.07) is -2.42. The molecule has 25 heavy (non-hydrogen) atoms. The third-order valence-corrected chi connectivity index (χ3v) is 3.39. The lowest BCUT2D eigenvalue weighted by molar-refractivity contribution is -0.383. The molecule has 150 valence electrons. The molecule has 0 aromatic heterocycles. The Morgan fingerprint density at radius 2 is 1.04 bits per heavy atom. The minimum Gasteiger partial charge on any atom is -0.332 e. The Kier molecular flexibility index (Phi) is 6.41. The first-order valence-corrected chi connectivity index (χ1v) is 6.96. The van der Waals surface area contributed by atoms with Crippen LogP contribution < -0.4 is 0 Å². The van der Waals surface area contributed by atoms with Gasteiger partial charge in [-0.15, -0.1) is 0 Å². The number of rotatable bonds is 7. The van der Waals surface area contributed by atoms with Crippen LogP contribution in [0.4, 0.5) is 43.9 Å². The Hall–Kier alpha value is -0.940. The molecule has 0 aliphatic heterocycles. The molecule has 0 saturated heterocycles. The maximum Gasteiger partial charge on any atom is 0.393 e. The number of carbonyl (C=O) groups excluding carboxylic acids is 1. The van der Waals surface area contributed by atoms with Gasteiger partial charge in [-0.1, -0.05) is 0 Å². The van der Waals surface area contributed by atoms with Crippen LogP contribution in [0.5, 0.6) is 0 Å². The molecule has 0 aliphatic carbocycles. The second-order valence-corrected chi connectivity index (χ2v) is 6.17. The van der Waals surface area contributed by atoms with Crippen molar-refractivity contribution in [2.75, 3.05) is 0 Å². The van der Waals surface area contributed by atoms with Gasteiger partial charge >= 0.3 is 29.1 Å². The molecule has 13 heteroatoms. The maximum absolute atomic E-state index is 13.7. The quantitative estimate of drug-likeness (QED) is 0.425. The summed E-state index contributed by atoms with van der Waals surface area (Å²) in [4.78, 5) is 11.6. The average molecular weight is 414 g/mol. The average Bonchev–Trinajstić information content (AvgIpc) is 2.35. The highest BCUT2D eigenvalue weighted by atomic mass is 35.5. The summed E-state index contributed by atoms with van der Waals surface area (Å²) in [5.41, 5.74) is 0. The van der Waals surface area contributed by atoms with Crippen molar-refractivity contribution in [2.45, 2.75) is 68.9 Å². The van der Waals surface area contributed by atoms with Gasteiger partial charge in [-0.2, -0.15) is 43.9 Å². The molecule has 0 heterocycles. The van der Waals surface area contributed by atoms with Crippen LogP contribution in [0.2, 0.25) is 0 Å². The number of hydrogen-bond acceptors (Lipinski definition) is 1. The van der Waals surface area contributed by atoms with Crippen molar-refractivity contribution < 1.29 is 48.7 Å². The molecule has 2 nitrogen and oxygen atoms in total. The molecular formula is C12H14ClF10NO. The third kappa shape index (κ3) is 3.63. The molecule has 0 aromatic rings. The summed E-state index contributed by atoms with van der Waals surface area (Å²) >= 11 is 3.67. The predicted octanol–water partition coefficient (Wildman–Crippen LogP) is 5.00. The second kappa shape index (κ2) is 6.66. The molecule has 0 rings (SSSR count). The molecule has 0 saturated carbocycles. The highest BCUT2D eigenvalue weighted by Gasteiger charge is 2.87. The van der Waals surface area contributed by atoms with Crippen LogP contribution in [0.25, 0.3) is 0 Å². The van der Waals surface area contributed by atoms with E-state index in [4.69, 9.17) is 0 Å². The smallest absolute Gasteiger partial charge is 0.332 e. The molecule has 0 bridgehead atoms. The Bertz CT molecular complexity index is 493. The van der Waals surface area contributed by atoms with Crippen LogP contribution >= 0.6 is 11.6 Å². The summed E-state index contributed by atoms with van der Waals surface area (Å²) in [5, 5.41) is -6.28. The summed E-state index contributed by atoms with van der Waals surface area (Å²) in [6.45, 7) is 4.25. The lowest BCUT2D eigenvalue weighted by Gasteiger charge is -2.40. The van der Waals surface area contributed by atoms with Gasteiger partial charge in [-0.25, -0.2) is 0 Å². The fourth-order valence-electron chi connectivity index (χ4n) is 1.93. The molecule has 0 spiro atoms. The first-order valence-electron chi connectivity index (χ1n) is 6.58. The normalized spacial score (nSPS) is 15.1. The number of halogens is 11. The van der Waals surface area contributed by atoms with Crippen LogP contribution in [0, 0.1) is 0 Å². The van der Waals surface area contributed by atoms with Gasteiger partial charge in [0.2, 0.25) is 0 Å². The van der Waals surface area contributed by atoms with E-state index in [1.165, 1.54) is 0 Å². The predicted molar refractivity (Wildman–Crippen MR) is 67.7 cm³/mol. The SMILES string of the molecule is CC(C)N(C(=O)C(F)(F)C(F)(F)C(F)(F)C(F)(F)C(F)(F)Cl)C(C)C. The Labute approximate surface area is 141 Å². The molecule has 0 radical (unpaired) electrons. The van der Waals surface area contributed by atoms with Gasteiger partial charge in [-0.3, -0.25) is 4.79 Å². The van der Waals surface area contributed by atoms with Gasteiger partial charge in [0, 0.05) is 12.1 Å². The topological polar surface area (TPSA) is 20.3 Å². The van der Waals surface area contributed by atoms with E-state index in [1.807, 2.05) is 0 Å². The summed E-state index contributed by atoms with van der Waals surface area (Å²) in [5.74, 6) is -30.9. The first-order chi connectivity index (χ1) is 10.7. The van der Waals surface area contributed by atoms with Gasteiger partial charge < -0.3 is 4.90 Å². The number of carbonyl (C=O) groups is 1. The fraction of sp³-hybridized carbons (Fsp3) is 0.917. The molecule has 0 aromatic carbocycles. The van der Waals surface area contributed by atoms with E-state index >= 15 is 0 Å². The first kappa shape index (κ1) is 24.1. The van der Waals surface area contributed by atoms with Crippen LogP contribution in [0.15, 0.2) is 0 Å². The van der Waals surface area contributed by atoms with Gasteiger partial charge in [-0.05, 0) is 39.3 Å². The Balaban J connectivity index is 6.25. The highest BCUT2D eigenvalue weighted by Crippen LogP contribution is 2.58. The standard InChI is InChI=1S/C12H14ClF10NO/c1-5(2)24(6(3)4)7(25)8(14,15)9(16,17)10(18,19)11(20,21)12(13,22)23/h5-6H,1-4H3. The fourth-order valence-corrected chi connectivity index (χ4v) is 2.05. The largest absolute Gasteiger partial charge is 0.393 e. The van der Waals surface area contributed by atoms with Crippen LogP contribution in [-0.2, 0) is 4.79 Å². The van der Waals surface area contributed by atoms with E-state index in [0.717, 1.165) is 27.7 Å². The van der Waals surface area contributed by atoms with Gasteiger partial charge in [0.15, 0.2) is 0 Å². The molecule has 1 amide bonds. The molecule has 0 atom stereocenters. The number of nitrogens with zero attached hydrogens (tertiary/aromatic N) is 1. The number of hydrogen-bond donors (Lipinski definition) is 0. The number of amides is 1. The minimum absolute atomic E-state index is 0.0287. The van der Waals surface area contributed by atoms with Crippen LogP contribution in [0.1, 0.15) is 27.7 Å².